The molecule has 1 aromatic carbocycles. The predicted molar refractivity (Wildman–Crippen MR) is 67.2 cm³/mol. The van der Waals surface area contributed by atoms with Crippen LogP contribution in [0.25, 0.3) is 0 Å². The summed E-state index contributed by atoms with van der Waals surface area (Å²) in [6.07, 6.45) is 0. The van der Waals surface area contributed by atoms with Crippen molar-refractivity contribution in [1.82, 2.24) is 5.32 Å². The van der Waals surface area contributed by atoms with Crippen molar-refractivity contribution in [1.29, 1.82) is 0 Å². The van der Waals surface area contributed by atoms with Crippen LogP contribution in [0.1, 0.15) is 5.56 Å². The van der Waals surface area contributed by atoms with Gasteiger partial charge >= 0.3 is 0 Å². The third kappa shape index (κ3) is 3.63. The van der Waals surface area contributed by atoms with Gasteiger partial charge in [0, 0.05) is 16.6 Å². The monoisotopic (exact) mass is 343 g/mol. The second-order valence-electron chi connectivity index (χ2n) is 2.65. The molecule has 0 spiro atoms. The van der Waals surface area contributed by atoms with Crippen molar-refractivity contribution in [2.45, 2.75) is 6.54 Å². The van der Waals surface area contributed by atoms with E-state index in [0.717, 1.165) is 5.56 Å². The van der Waals surface area contributed by atoms with Crippen LogP contribution in [0.2, 0.25) is 10.0 Å². The largest absolute Gasteiger partial charge is 0.351 e. The summed E-state index contributed by atoms with van der Waals surface area (Å²) in [5, 5.41) is 3.91. The molecule has 0 aromatic heterocycles. The molecule has 2 nitrogen and oxygen atoms in total. The van der Waals surface area contributed by atoms with Gasteiger partial charge in [-0.15, -0.1) is 0 Å². The second kappa shape index (κ2) is 5.78. The van der Waals surface area contributed by atoms with Crippen LogP contribution in [0.4, 0.5) is 0 Å². The van der Waals surface area contributed by atoms with Crippen LogP contribution in [0.15, 0.2) is 18.2 Å². The Labute approximate surface area is 106 Å². The lowest BCUT2D eigenvalue weighted by Crippen LogP contribution is -2.23. The zero-order valence-electron chi connectivity index (χ0n) is 7.19. The molecule has 1 aromatic rings. The van der Waals surface area contributed by atoms with Gasteiger partial charge in [0.05, 0.1) is 4.43 Å². The van der Waals surface area contributed by atoms with Gasteiger partial charge in [-0.1, -0.05) is 51.9 Å². The van der Waals surface area contributed by atoms with Gasteiger partial charge in [0.15, 0.2) is 0 Å². The van der Waals surface area contributed by atoms with Gasteiger partial charge < -0.3 is 5.32 Å². The molecular formula is C9H8Cl2INO. The van der Waals surface area contributed by atoms with Gasteiger partial charge in [0.2, 0.25) is 5.91 Å². The Morgan fingerprint density at radius 2 is 2.14 bits per heavy atom. The summed E-state index contributed by atoms with van der Waals surface area (Å²) < 4.78 is 0.447. The van der Waals surface area contributed by atoms with Gasteiger partial charge in [-0.3, -0.25) is 4.79 Å². The number of benzene rings is 1. The first-order valence-electron chi connectivity index (χ1n) is 3.90. The molecule has 0 bridgehead atoms. The molecule has 0 saturated heterocycles. The minimum atomic E-state index is -0.00313. The summed E-state index contributed by atoms with van der Waals surface area (Å²) in [7, 11) is 0. The van der Waals surface area contributed by atoms with Crippen LogP contribution in [-0.2, 0) is 11.3 Å². The third-order valence-electron chi connectivity index (χ3n) is 1.61. The van der Waals surface area contributed by atoms with Crippen LogP contribution in [-0.4, -0.2) is 10.3 Å². The van der Waals surface area contributed by atoms with Crippen molar-refractivity contribution >= 4 is 51.7 Å². The summed E-state index contributed by atoms with van der Waals surface area (Å²) in [6, 6.07) is 5.21. The second-order valence-corrected chi connectivity index (χ2v) is 4.25. The van der Waals surface area contributed by atoms with Crippen molar-refractivity contribution in [3.05, 3.63) is 33.8 Å². The van der Waals surface area contributed by atoms with E-state index in [-0.39, 0.29) is 5.91 Å². The summed E-state index contributed by atoms with van der Waals surface area (Å²) >= 11 is 13.7. The highest BCUT2D eigenvalue weighted by molar-refractivity contribution is 14.1. The molecule has 1 rings (SSSR count). The minimum absolute atomic E-state index is 0.00313. The number of nitrogens with one attached hydrogen (secondary N) is 1. The molecule has 0 aliphatic carbocycles. The number of amides is 1. The molecule has 0 unspecified atom stereocenters. The molecular weight excluding hydrogens is 336 g/mol. The number of halogens is 3. The number of carbonyl (C=O) groups is 1. The number of carbonyl (C=O) groups excluding carboxylic acids is 1. The highest BCUT2D eigenvalue weighted by Crippen LogP contribution is 2.20. The Bertz CT molecular complexity index is 344. The molecule has 14 heavy (non-hydrogen) atoms. The molecule has 0 atom stereocenters. The lowest BCUT2D eigenvalue weighted by molar-refractivity contribution is -0.118. The predicted octanol–water partition coefficient (Wildman–Crippen LogP) is 3.04. The highest BCUT2D eigenvalue weighted by Gasteiger charge is 2.02. The average molecular weight is 344 g/mol. The van der Waals surface area contributed by atoms with Gasteiger partial charge in [-0.05, 0) is 17.7 Å². The Hall–Kier alpha value is -0.000000000000000111. The Morgan fingerprint density at radius 1 is 1.43 bits per heavy atom. The molecule has 0 aliphatic rings. The zero-order chi connectivity index (χ0) is 10.6. The molecule has 0 fully saturated rings. The quantitative estimate of drug-likeness (QED) is 0.663. The fourth-order valence-corrected chi connectivity index (χ4v) is 1.65. The van der Waals surface area contributed by atoms with Crippen LogP contribution >= 0.6 is 45.8 Å². The Balaban J connectivity index is 2.63. The van der Waals surface area contributed by atoms with E-state index in [0.29, 0.717) is 21.0 Å². The molecule has 76 valence electrons. The first-order chi connectivity index (χ1) is 6.63. The smallest absolute Gasteiger partial charge is 0.230 e. The van der Waals surface area contributed by atoms with Crippen LogP contribution < -0.4 is 5.32 Å². The van der Waals surface area contributed by atoms with Crippen molar-refractivity contribution in [2.24, 2.45) is 0 Å². The van der Waals surface area contributed by atoms with Gasteiger partial charge in [-0.2, -0.15) is 0 Å². The molecule has 0 aliphatic heterocycles. The van der Waals surface area contributed by atoms with Crippen molar-refractivity contribution in [3.8, 4) is 0 Å². The SMILES string of the molecule is O=C(CI)NCc1ccc(Cl)cc1Cl. The normalized spacial score (nSPS) is 9.93. The molecule has 0 saturated carbocycles. The van der Waals surface area contributed by atoms with Crippen molar-refractivity contribution in [3.63, 3.8) is 0 Å². The first-order valence-corrected chi connectivity index (χ1v) is 6.18. The highest BCUT2D eigenvalue weighted by atomic mass is 127. The number of hydrogen-bond acceptors (Lipinski definition) is 1. The van der Waals surface area contributed by atoms with E-state index in [4.69, 9.17) is 23.2 Å². The molecule has 5 heteroatoms. The Morgan fingerprint density at radius 3 is 2.71 bits per heavy atom. The number of rotatable bonds is 3. The van der Waals surface area contributed by atoms with Crippen LogP contribution in [0.5, 0.6) is 0 Å². The summed E-state index contributed by atoms with van der Waals surface area (Å²) in [5.41, 5.74) is 0.870. The summed E-state index contributed by atoms with van der Waals surface area (Å²) in [4.78, 5) is 11.0. The maximum absolute atomic E-state index is 11.0. The Kier molecular flexibility index (Phi) is 4.98. The van der Waals surface area contributed by atoms with E-state index in [1.54, 1.807) is 18.2 Å². The summed E-state index contributed by atoms with van der Waals surface area (Å²) in [6.45, 7) is 0.442. The van der Waals surface area contributed by atoms with E-state index in [1.807, 2.05) is 22.6 Å². The van der Waals surface area contributed by atoms with Crippen LogP contribution in [0.3, 0.4) is 0 Å². The van der Waals surface area contributed by atoms with E-state index in [1.165, 1.54) is 0 Å². The lowest BCUT2D eigenvalue weighted by atomic mass is 10.2. The maximum Gasteiger partial charge on any atom is 0.230 e. The molecule has 1 amide bonds. The van der Waals surface area contributed by atoms with Gasteiger partial charge in [-0.25, -0.2) is 0 Å². The van der Waals surface area contributed by atoms with E-state index in [9.17, 15) is 4.79 Å². The first kappa shape index (κ1) is 12.1. The van der Waals surface area contributed by atoms with Crippen molar-refractivity contribution in [2.75, 3.05) is 4.43 Å². The number of alkyl halides is 1. The third-order valence-corrected chi connectivity index (χ3v) is 2.89. The van der Waals surface area contributed by atoms with E-state index < -0.39 is 0 Å². The molecule has 0 radical (unpaired) electrons. The topological polar surface area (TPSA) is 29.1 Å². The standard InChI is InChI=1S/C9H8Cl2INO/c10-7-2-1-6(8(11)3-7)5-13-9(14)4-12/h1-3H,4-5H2,(H,13,14). The van der Waals surface area contributed by atoms with Crippen molar-refractivity contribution < 1.29 is 4.79 Å². The summed E-state index contributed by atoms with van der Waals surface area (Å²) in [5.74, 6) is -0.00313. The fourth-order valence-electron chi connectivity index (χ4n) is 0.906. The molecule has 1 N–H and O–H groups in total. The average Bonchev–Trinajstić information content (AvgIpc) is 2.16. The maximum atomic E-state index is 11.0. The number of hydrogen-bond donors (Lipinski definition) is 1. The van der Waals surface area contributed by atoms with Gasteiger partial charge in [0.25, 0.3) is 0 Å². The molecule has 0 heterocycles. The fraction of sp³-hybridized carbons (Fsp3) is 0.222. The van der Waals surface area contributed by atoms with E-state index in [2.05, 4.69) is 5.32 Å². The lowest BCUT2D eigenvalue weighted by Gasteiger charge is -2.05. The minimum Gasteiger partial charge on any atom is -0.351 e. The van der Waals surface area contributed by atoms with Gasteiger partial charge in [0.1, 0.15) is 0 Å². The van der Waals surface area contributed by atoms with Crippen LogP contribution in [0, 0.1) is 0 Å². The zero-order valence-corrected chi connectivity index (χ0v) is 10.9. The van der Waals surface area contributed by atoms with E-state index >= 15 is 0 Å².